The van der Waals surface area contributed by atoms with Crippen LogP contribution in [0.4, 0.5) is 0 Å². The smallest absolute Gasteiger partial charge is 0.0994 e. The monoisotopic (exact) mass is 279 g/mol. The summed E-state index contributed by atoms with van der Waals surface area (Å²) in [4.78, 5) is 4.32. The third-order valence-corrected chi connectivity index (χ3v) is 3.80. The molecule has 1 atom stereocenters. The summed E-state index contributed by atoms with van der Waals surface area (Å²) in [7, 11) is 0. The molecule has 3 nitrogen and oxygen atoms in total. The van der Waals surface area contributed by atoms with Crippen molar-refractivity contribution in [1.29, 1.82) is 0 Å². The minimum atomic E-state index is 0.00599. The van der Waals surface area contributed by atoms with Gasteiger partial charge in [0.2, 0.25) is 0 Å². The van der Waals surface area contributed by atoms with Crippen LogP contribution in [0, 0.1) is 5.92 Å². The number of hydrogen-bond acceptors (Lipinski definition) is 2. The van der Waals surface area contributed by atoms with Gasteiger partial charge in [-0.3, -0.25) is 0 Å². The van der Waals surface area contributed by atoms with Crippen molar-refractivity contribution < 1.29 is 0 Å². The molecule has 0 spiro atoms. The second-order valence-corrected chi connectivity index (χ2v) is 5.92. The Morgan fingerprint density at radius 3 is 2.67 bits per heavy atom. The standard InChI is InChI=1S/C18H21N3/c1-13(2)10-16(19)18-11-20-12-21(18)17-9-5-7-14-6-3-4-8-15(14)17/h3-9,11-13,16H,10,19H2,1-2H3. The van der Waals surface area contributed by atoms with Crippen LogP contribution in [0.3, 0.4) is 0 Å². The predicted octanol–water partition coefficient (Wildman–Crippen LogP) is 4.07. The lowest BCUT2D eigenvalue weighted by atomic mass is 10.0. The fourth-order valence-electron chi connectivity index (χ4n) is 2.83. The molecule has 0 saturated heterocycles. The molecule has 1 unspecified atom stereocenters. The first kappa shape index (κ1) is 13.8. The van der Waals surface area contributed by atoms with Gasteiger partial charge in [0.15, 0.2) is 0 Å². The molecule has 2 N–H and O–H groups in total. The molecule has 0 bridgehead atoms. The van der Waals surface area contributed by atoms with Gasteiger partial charge in [0.05, 0.1) is 23.9 Å². The molecule has 3 aromatic rings. The summed E-state index contributed by atoms with van der Waals surface area (Å²) in [5.74, 6) is 0.566. The van der Waals surface area contributed by atoms with E-state index in [2.05, 4.69) is 65.9 Å². The van der Waals surface area contributed by atoms with Gasteiger partial charge in [0.25, 0.3) is 0 Å². The molecule has 0 fully saturated rings. The zero-order chi connectivity index (χ0) is 14.8. The number of benzene rings is 2. The summed E-state index contributed by atoms with van der Waals surface area (Å²) in [6.07, 6.45) is 4.70. The van der Waals surface area contributed by atoms with E-state index in [1.165, 1.54) is 10.8 Å². The Bertz CT molecular complexity index is 738. The maximum absolute atomic E-state index is 6.36. The zero-order valence-corrected chi connectivity index (χ0v) is 12.5. The van der Waals surface area contributed by atoms with Crippen LogP contribution < -0.4 is 5.73 Å². The largest absolute Gasteiger partial charge is 0.323 e. The highest BCUT2D eigenvalue weighted by Gasteiger charge is 2.15. The van der Waals surface area contributed by atoms with Crippen molar-refractivity contribution >= 4 is 10.8 Å². The third-order valence-electron chi connectivity index (χ3n) is 3.80. The Hall–Kier alpha value is -2.13. The molecule has 108 valence electrons. The minimum Gasteiger partial charge on any atom is -0.323 e. The molecule has 0 radical (unpaired) electrons. The van der Waals surface area contributed by atoms with Crippen LogP contribution in [0.25, 0.3) is 16.5 Å². The van der Waals surface area contributed by atoms with E-state index in [1.807, 2.05) is 12.5 Å². The van der Waals surface area contributed by atoms with Crippen molar-refractivity contribution in [3.63, 3.8) is 0 Å². The highest BCUT2D eigenvalue weighted by Crippen LogP contribution is 2.26. The average molecular weight is 279 g/mol. The number of fused-ring (bicyclic) bond motifs is 1. The fourth-order valence-corrected chi connectivity index (χ4v) is 2.83. The lowest BCUT2D eigenvalue weighted by Gasteiger charge is -2.17. The van der Waals surface area contributed by atoms with E-state index in [-0.39, 0.29) is 6.04 Å². The maximum Gasteiger partial charge on any atom is 0.0994 e. The van der Waals surface area contributed by atoms with Crippen molar-refractivity contribution in [3.05, 3.63) is 60.7 Å². The summed E-state index contributed by atoms with van der Waals surface area (Å²) in [5, 5.41) is 2.45. The molecular weight excluding hydrogens is 258 g/mol. The van der Waals surface area contributed by atoms with E-state index in [4.69, 9.17) is 5.73 Å². The summed E-state index contributed by atoms with van der Waals surface area (Å²) in [6, 6.07) is 14.7. The van der Waals surface area contributed by atoms with Crippen LogP contribution >= 0.6 is 0 Å². The summed E-state index contributed by atoms with van der Waals surface area (Å²) in [5.41, 5.74) is 8.57. The molecule has 3 rings (SSSR count). The van der Waals surface area contributed by atoms with Crippen molar-refractivity contribution in [2.24, 2.45) is 11.7 Å². The van der Waals surface area contributed by atoms with Crippen LogP contribution in [0.2, 0.25) is 0 Å². The molecule has 0 aliphatic carbocycles. The number of aromatic nitrogens is 2. The van der Waals surface area contributed by atoms with Gasteiger partial charge in [0, 0.05) is 11.4 Å². The third kappa shape index (κ3) is 2.69. The SMILES string of the molecule is CC(C)CC(N)c1cncn1-c1cccc2ccccc12. The van der Waals surface area contributed by atoms with Gasteiger partial charge in [0.1, 0.15) is 0 Å². The number of imidazole rings is 1. The average Bonchev–Trinajstić information content (AvgIpc) is 2.95. The van der Waals surface area contributed by atoms with Gasteiger partial charge in [-0.25, -0.2) is 4.98 Å². The molecule has 1 heterocycles. The summed E-state index contributed by atoms with van der Waals surface area (Å²) < 4.78 is 2.12. The van der Waals surface area contributed by atoms with Gasteiger partial charge >= 0.3 is 0 Å². The fraction of sp³-hybridized carbons (Fsp3) is 0.278. The van der Waals surface area contributed by atoms with Gasteiger partial charge < -0.3 is 10.3 Å². The van der Waals surface area contributed by atoms with Gasteiger partial charge in [-0.05, 0) is 23.8 Å². The number of nitrogens with two attached hydrogens (primary N) is 1. The highest BCUT2D eigenvalue weighted by molar-refractivity contribution is 5.90. The number of rotatable bonds is 4. The van der Waals surface area contributed by atoms with E-state index in [0.717, 1.165) is 17.8 Å². The van der Waals surface area contributed by atoms with E-state index in [1.54, 1.807) is 0 Å². The second kappa shape index (κ2) is 5.70. The van der Waals surface area contributed by atoms with Crippen LogP contribution in [-0.4, -0.2) is 9.55 Å². The number of nitrogens with zero attached hydrogens (tertiary/aromatic N) is 2. The van der Waals surface area contributed by atoms with Crippen LogP contribution in [0.15, 0.2) is 55.0 Å². The minimum absolute atomic E-state index is 0.00599. The van der Waals surface area contributed by atoms with E-state index >= 15 is 0 Å². The topological polar surface area (TPSA) is 43.8 Å². The van der Waals surface area contributed by atoms with Crippen molar-refractivity contribution in [2.45, 2.75) is 26.3 Å². The number of hydrogen-bond donors (Lipinski definition) is 1. The van der Waals surface area contributed by atoms with E-state index < -0.39 is 0 Å². The normalized spacial score (nSPS) is 13.0. The first-order valence-corrected chi connectivity index (χ1v) is 7.43. The van der Waals surface area contributed by atoms with Crippen molar-refractivity contribution in [2.75, 3.05) is 0 Å². The van der Waals surface area contributed by atoms with Crippen LogP contribution in [-0.2, 0) is 0 Å². The van der Waals surface area contributed by atoms with E-state index in [9.17, 15) is 0 Å². The Labute approximate surface area is 125 Å². The first-order chi connectivity index (χ1) is 10.2. The molecule has 0 aliphatic heterocycles. The molecule has 0 amide bonds. The van der Waals surface area contributed by atoms with E-state index in [0.29, 0.717) is 5.92 Å². The van der Waals surface area contributed by atoms with Crippen LogP contribution in [0.1, 0.15) is 32.0 Å². The molecule has 0 saturated carbocycles. The molecule has 0 aliphatic rings. The Morgan fingerprint density at radius 2 is 1.86 bits per heavy atom. The quantitative estimate of drug-likeness (QED) is 0.782. The Balaban J connectivity index is 2.10. The molecule has 2 aromatic carbocycles. The van der Waals surface area contributed by atoms with Gasteiger partial charge in [-0.1, -0.05) is 50.2 Å². The summed E-state index contributed by atoms with van der Waals surface area (Å²) >= 11 is 0. The molecule has 3 heteroatoms. The lowest BCUT2D eigenvalue weighted by molar-refractivity contribution is 0.498. The molecule has 1 aromatic heterocycles. The molecular formula is C18H21N3. The highest BCUT2D eigenvalue weighted by atomic mass is 15.1. The Morgan fingerprint density at radius 1 is 1.10 bits per heavy atom. The maximum atomic E-state index is 6.36. The first-order valence-electron chi connectivity index (χ1n) is 7.43. The molecule has 21 heavy (non-hydrogen) atoms. The predicted molar refractivity (Wildman–Crippen MR) is 87.5 cm³/mol. The van der Waals surface area contributed by atoms with Crippen molar-refractivity contribution in [3.8, 4) is 5.69 Å². The zero-order valence-electron chi connectivity index (χ0n) is 12.5. The summed E-state index contributed by atoms with van der Waals surface area (Å²) in [6.45, 7) is 4.39. The van der Waals surface area contributed by atoms with Gasteiger partial charge in [-0.2, -0.15) is 0 Å². The lowest BCUT2D eigenvalue weighted by Crippen LogP contribution is -2.16. The van der Waals surface area contributed by atoms with Gasteiger partial charge in [-0.15, -0.1) is 0 Å². The van der Waals surface area contributed by atoms with Crippen LogP contribution in [0.5, 0.6) is 0 Å². The Kier molecular flexibility index (Phi) is 3.76. The second-order valence-electron chi connectivity index (χ2n) is 5.92. The van der Waals surface area contributed by atoms with Crippen molar-refractivity contribution in [1.82, 2.24) is 9.55 Å².